The van der Waals surface area contributed by atoms with Gasteiger partial charge in [-0.1, -0.05) is 121 Å². The van der Waals surface area contributed by atoms with Gasteiger partial charge < -0.3 is 13.9 Å². The van der Waals surface area contributed by atoms with Crippen LogP contribution in [0, 0.1) is 20.8 Å². The maximum absolute atomic E-state index is 6.97. The van der Waals surface area contributed by atoms with Crippen molar-refractivity contribution >= 4 is 60.8 Å². The van der Waals surface area contributed by atoms with Gasteiger partial charge in [0.2, 0.25) is 0 Å². The standard InChI is InChI=1S/C51H38N2O/c1-33-17-7-12-24-43(33)52(48-32-34(2)42(31-35(48)3)36-18-5-4-6-19-36)47-30-29-40(51-50(47)41-23-11-16-28-49(41)54-51)39-22-10-15-27-46(39)53-44-25-13-8-20-37(44)38-21-9-14-26-45(38)53/h4-32H,1-3H3. The van der Waals surface area contributed by atoms with Crippen molar-refractivity contribution in [1.29, 1.82) is 0 Å². The molecule has 54 heavy (non-hydrogen) atoms. The summed E-state index contributed by atoms with van der Waals surface area (Å²) < 4.78 is 9.38. The van der Waals surface area contributed by atoms with Gasteiger partial charge in [0.15, 0.2) is 0 Å². The minimum Gasteiger partial charge on any atom is -0.455 e. The van der Waals surface area contributed by atoms with Crippen LogP contribution >= 0.6 is 0 Å². The molecule has 0 atom stereocenters. The molecule has 0 fully saturated rings. The Bertz CT molecular complexity index is 2980. The summed E-state index contributed by atoms with van der Waals surface area (Å²) in [5.74, 6) is 0. The van der Waals surface area contributed by atoms with Crippen molar-refractivity contribution in [3.8, 4) is 27.9 Å². The van der Waals surface area contributed by atoms with Gasteiger partial charge in [-0.25, -0.2) is 0 Å². The van der Waals surface area contributed by atoms with Gasteiger partial charge in [0, 0.05) is 38.7 Å². The number of anilines is 3. The molecule has 0 aliphatic heterocycles. The van der Waals surface area contributed by atoms with E-state index in [0.717, 1.165) is 55.8 Å². The molecule has 0 aliphatic carbocycles. The third kappa shape index (κ3) is 4.97. The summed E-state index contributed by atoms with van der Waals surface area (Å²) >= 11 is 0. The smallest absolute Gasteiger partial charge is 0.145 e. The topological polar surface area (TPSA) is 21.3 Å². The SMILES string of the molecule is Cc1cc(N(c2ccccc2C)c2ccc(-c3ccccc3-n3c4ccccc4c4ccccc43)c3oc4ccccc4c23)c(C)cc1-c1ccccc1. The van der Waals surface area contributed by atoms with Crippen LogP contribution in [0.2, 0.25) is 0 Å². The molecule has 0 N–H and O–H groups in total. The first-order valence-corrected chi connectivity index (χ1v) is 18.6. The van der Waals surface area contributed by atoms with Crippen molar-refractivity contribution in [3.05, 3.63) is 193 Å². The fourth-order valence-electron chi connectivity index (χ4n) is 8.46. The monoisotopic (exact) mass is 694 g/mol. The molecule has 3 heteroatoms. The summed E-state index contributed by atoms with van der Waals surface area (Å²) in [6.07, 6.45) is 0. The third-order valence-electron chi connectivity index (χ3n) is 11.0. The lowest BCUT2D eigenvalue weighted by Crippen LogP contribution is -2.13. The van der Waals surface area contributed by atoms with E-state index in [-0.39, 0.29) is 0 Å². The Morgan fingerprint density at radius 3 is 1.81 bits per heavy atom. The van der Waals surface area contributed by atoms with E-state index in [4.69, 9.17) is 4.42 Å². The highest BCUT2D eigenvalue weighted by molar-refractivity contribution is 6.18. The molecular weight excluding hydrogens is 657 g/mol. The zero-order valence-corrected chi connectivity index (χ0v) is 30.5. The van der Waals surface area contributed by atoms with Crippen molar-refractivity contribution in [2.75, 3.05) is 4.90 Å². The van der Waals surface area contributed by atoms with Gasteiger partial charge >= 0.3 is 0 Å². The number of benzene rings is 8. The number of aromatic nitrogens is 1. The summed E-state index contributed by atoms with van der Waals surface area (Å²) in [4.78, 5) is 2.44. The second kappa shape index (κ2) is 12.7. The van der Waals surface area contributed by atoms with Crippen molar-refractivity contribution < 1.29 is 4.42 Å². The van der Waals surface area contributed by atoms with E-state index in [0.29, 0.717) is 0 Å². The molecule has 0 bridgehead atoms. The Kier molecular flexibility index (Phi) is 7.48. The quantitative estimate of drug-likeness (QED) is 0.173. The van der Waals surface area contributed by atoms with Crippen molar-refractivity contribution in [3.63, 3.8) is 0 Å². The van der Waals surface area contributed by atoms with Gasteiger partial charge in [-0.3, -0.25) is 0 Å². The van der Waals surface area contributed by atoms with Crippen LogP contribution in [0.4, 0.5) is 17.1 Å². The summed E-state index contributed by atoms with van der Waals surface area (Å²) in [5.41, 5.74) is 16.8. The second-order valence-electron chi connectivity index (χ2n) is 14.3. The maximum atomic E-state index is 6.97. The van der Waals surface area contributed by atoms with E-state index < -0.39 is 0 Å². The van der Waals surface area contributed by atoms with E-state index in [1.165, 1.54) is 49.6 Å². The van der Waals surface area contributed by atoms with Crippen LogP contribution in [0.15, 0.2) is 180 Å². The minimum absolute atomic E-state index is 0.868. The molecule has 3 nitrogen and oxygen atoms in total. The average molecular weight is 695 g/mol. The zero-order valence-electron chi connectivity index (χ0n) is 30.5. The number of fused-ring (bicyclic) bond motifs is 6. The first kappa shape index (κ1) is 31.9. The summed E-state index contributed by atoms with van der Waals surface area (Å²) in [6, 6.07) is 63.2. The molecule has 258 valence electrons. The Morgan fingerprint density at radius 1 is 0.426 bits per heavy atom. The molecule has 10 aromatic rings. The molecule has 2 heterocycles. The maximum Gasteiger partial charge on any atom is 0.145 e. The van der Waals surface area contributed by atoms with Gasteiger partial charge in [0.05, 0.1) is 27.8 Å². The van der Waals surface area contributed by atoms with Gasteiger partial charge in [-0.15, -0.1) is 0 Å². The number of rotatable bonds is 6. The zero-order chi connectivity index (χ0) is 36.3. The van der Waals surface area contributed by atoms with Crippen LogP contribution in [0.3, 0.4) is 0 Å². The van der Waals surface area contributed by atoms with Crippen molar-refractivity contribution in [1.82, 2.24) is 4.57 Å². The summed E-state index contributed by atoms with van der Waals surface area (Å²) in [6.45, 7) is 6.65. The second-order valence-corrected chi connectivity index (χ2v) is 14.3. The Balaban J connectivity index is 1.26. The highest BCUT2D eigenvalue weighted by Crippen LogP contribution is 2.49. The van der Waals surface area contributed by atoms with Crippen LogP contribution in [0.5, 0.6) is 0 Å². The molecule has 0 saturated carbocycles. The normalized spacial score (nSPS) is 11.6. The Morgan fingerprint density at radius 2 is 1.06 bits per heavy atom. The molecule has 10 rings (SSSR count). The molecule has 0 amide bonds. The number of hydrogen-bond donors (Lipinski definition) is 0. The predicted octanol–water partition coefficient (Wildman–Crippen LogP) is 14.4. The lowest BCUT2D eigenvalue weighted by atomic mass is 9.95. The molecule has 0 radical (unpaired) electrons. The fourth-order valence-corrected chi connectivity index (χ4v) is 8.46. The fraction of sp³-hybridized carbons (Fsp3) is 0.0588. The molecule has 0 saturated heterocycles. The Hall–Kier alpha value is -6.84. The minimum atomic E-state index is 0.868. The molecule has 0 spiro atoms. The lowest BCUT2D eigenvalue weighted by Gasteiger charge is -2.30. The summed E-state index contributed by atoms with van der Waals surface area (Å²) in [5, 5.41) is 4.66. The van der Waals surface area contributed by atoms with Crippen LogP contribution in [-0.4, -0.2) is 4.57 Å². The highest BCUT2D eigenvalue weighted by atomic mass is 16.3. The number of hydrogen-bond acceptors (Lipinski definition) is 2. The van der Waals surface area contributed by atoms with Gasteiger partial charge in [-0.2, -0.15) is 0 Å². The van der Waals surface area contributed by atoms with Crippen LogP contribution in [0.1, 0.15) is 16.7 Å². The third-order valence-corrected chi connectivity index (χ3v) is 11.0. The Labute approximate surface area is 315 Å². The number of aryl methyl sites for hydroxylation is 3. The van der Waals surface area contributed by atoms with E-state index in [9.17, 15) is 0 Å². The van der Waals surface area contributed by atoms with E-state index in [1.54, 1.807) is 0 Å². The highest BCUT2D eigenvalue weighted by Gasteiger charge is 2.26. The summed E-state index contributed by atoms with van der Waals surface area (Å²) in [7, 11) is 0. The number of nitrogens with zero attached hydrogens (tertiary/aromatic N) is 2. The molecule has 0 unspecified atom stereocenters. The van der Waals surface area contributed by atoms with Crippen molar-refractivity contribution in [2.45, 2.75) is 20.8 Å². The number of furan rings is 1. The van der Waals surface area contributed by atoms with E-state index in [2.05, 4.69) is 206 Å². The predicted molar refractivity (Wildman–Crippen MR) is 228 cm³/mol. The first-order valence-electron chi connectivity index (χ1n) is 18.6. The molecular formula is C51H38N2O. The van der Waals surface area contributed by atoms with Crippen LogP contribution in [0.25, 0.3) is 71.7 Å². The number of para-hydroxylation sites is 5. The van der Waals surface area contributed by atoms with Crippen LogP contribution < -0.4 is 4.90 Å². The van der Waals surface area contributed by atoms with Gasteiger partial charge in [0.25, 0.3) is 0 Å². The van der Waals surface area contributed by atoms with Crippen molar-refractivity contribution in [2.24, 2.45) is 0 Å². The van der Waals surface area contributed by atoms with Crippen LogP contribution in [-0.2, 0) is 0 Å². The molecule has 2 aromatic heterocycles. The molecule has 0 aliphatic rings. The van der Waals surface area contributed by atoms with E-state index >= 15 is 0 Å². The van der Waals surface area contributed by atoms with Gasteiger partial charge in [-0.05, 0) is 103 Å². The largest absolute Gasteiger partial charge is 0.455 e. The lowest BCUT2D eigenvalue weighted by molar-refractivity contribution is 0.670. The van der Waals surface area contributed by atoms with E-state index in [1.807, 2.05) is 0 Å². The molecule has 8 aromatic carbocycles. The average Bonchev–Trinajstić information content (AvgIpc) is 3.77. The van der Waals surface area contributed by atoms with Gasteiger partial charge in [0.1, 0.15) is 11.2 Å². The first-order chi connectivity index (χ1) is 26.6.